The molecule has 2 rings (SSSR count). The molecule has 2 aromatic rings. The highest BCUT2D eigenvalue weighted by Crippen LogP contribution is 2.13. The molecular weight excluding hydrogens is 232 g/mol. The van der Waals surface area contributed by atoms with E-state index in [-0.39, 0.29) is 5.82 Å². The van der Waals surface area contributed by atoms with Crippen LogP contribution in [-0.2, 0) is 9.05 Å². The van der Waals surface area contributed by atoms with Crippen LogP contribution in [0, 0.1) is 0 Å². The third-order valence-corrected chi connectivity index (χ3v) is 2.42. The number of nitrogens with zero attached hydrogens (tertiary/aromatic N) is 4. The topological polar surface area (TPSA) is 117 Å². The Morgan fingerprint density at radius 3 is 2.64 bits per heavy atom. The van der Waals surface area contributed by atoms with E-state index >= 15 is 0 Å². The average Bonchev–Trinajstić information content (AvgIpc) is 2.73. The van der Waals surface area contributed by atoms with Gasteiger partial charge in [-0.15, -0.1) is 0 Å². The Hall–Kier alpha value is -1.48. The molecule has 14 heavy (non-hydrogen) atoms. The second-order valence-electron chi connectivity index (χ2n) is 2.26. The molecule has 0 atom stereocenters. The molecule has 0 spiro atoms. The van der Waals surface area contributed by atoms with Crippen molar-refractivity contribution >= 4 is 19.7 Å². The monoisotopic (exact) mass is 234 g/mol. The summed E-state index contributed by atoms with van der Waals surface area (Å²) < 4.78 is 21.6. The molecule has 0 saturated heterocycles. The number of hydrogen-bond acceptors (Lipinski definition) is 6. The van der Waals surface area contributed by atoms with Gasteiger partial charge < -0.3 is 0 Å². The van der Waals surface area contributed by atoms with Crippen molar-refractivity contribution in [1.29, 1.82) is 0 Å². The molecular formula is C4H3ClN6O2S. The highest BCUT2D eigenvalue weighted by atomic mass is 35.7. The number of halogens is 1. The summed E-state index contributed by atoms with van der Waals surface area (Å²) in [5.74, 6) is 0.109. The summed E-state index contributed by atoms with van der Waals surface area (Å²) >= 11 is 0. The van der Waals surface area contributed by atoms with Gasteiger partial charge in [0.05, 0.1) is 6.20 Å². The van der Waals surface area contributed by atoms with Crippen LogP contribution in [0.4, 0.5) is 0 Å². The second-order valence-corrected chi connectivity index (χ2v) is 4.74. The highest BCUT2D eigenvalue weighted by Gasteiger charge is 2.17. The van der Waals surface area contributed by atoms with Crippen molar-refractivity contribution in [2.24, 2.45) is 0 Å². The van der Waals surface area contributed by atoms with Crippen LogP contribution in [0.3, 0.4) is 0 Å². The summed E-state index contributed by atoms with van der Waals surface area (Å²) in [5, 5.41) is 14.9. The van der Waals surface area contributed by atoms with E-state index in [0.29, 0.717) is 5.69 Å². The zero-order chi connectivity index (χ0) is 10.2. The predicted molar refractivity (Wildman–Crippen MR) is 44.8 cm³/mol. The summed E-state index contributed by atoms with van der Waals surface area (Å²) in [4.78, 5) is 3.61. The third kappa shape index (κ3) is 1.59. The van der Waals surface area contributed by atoms with E-state index in [1.165, 1.54) is 6.20 Å². The number of aromatic nitrogens is 6. The highest BCUT2D eigenvalue weighted by molar-refractivity contribution is 8.13. The molecule has 2 heterocycles. The maximum Gasteiger partial charge on any atom is 0.296 e. The van der Waals surface area contributed by atoms with Crippen molar-refractivity contribution in [3.8, 4) is 11.5 Å². The van der Waals surface area contributed by atoms with Gasteiger partial charge in [0, 0.05) is 10.7 Å². The quantitative estimate of drug-likeness (QED) is 0.678. The van der Waals surface area contributed by atoms with Crippen LogP contribution in [0.2, 0.25) is 0 Å². The second kappa shape index (κ2) is 3.03. The molecule has 0 aliphatic rings. The fourth-order valence-electron chi connectivity index (χ4n) is 0.780. The molecule has 74 valence electrons. The number of nitrogens with one attached hydrogen (secondary N) is 2. The van der Waals surface area contributed by atoms with E-state index in [1.807, 2.05) is 0 Å². The predicted octanol–water partition coefficient (Wildman–Crippen LogP) is -0.483. The van der Waals surface area contributed by atoms with Crippen LogP contribution < -0.4 is 0 Å². The minimum absolute atomic E-state index is 0.109. The van der Waals surface area contributed by atoms with Crippen molar-refractivity contribution in [1.82, 2.24) is 30.6 Å². The SMILES string of the molecule is O=S(=O)(Cl)c1nc(-c2cn[nH]n2)n[nH]1. The van der Waals surface area contributed by atoms with Gasteiger partial charge in [0.15, 0.2) is 5.69 Å². The van der Waals surface area contributed by atoms with Gasteiger partial charge in [-0.2, -0.15) is 25.5 Å². The third-order valence-electron chi connectivity index (χ3n) is 1.34. The van der Waals surface area contributed by atoms with Crippen molar-refractivity contribution < 1.29 is 8.42 Å². The van der Waals surface area contributed by atoms with Crippen LogP contribution in [0.25, 0.3) is 11.5 Å². The van der Waals surface area contributed by atoms with Crippen LogP contribution in [0.1, 0.15) is 0 Å². The zero-order valence-electron chi connectivity index (χ0n) is 6.47. The van der Waals surface area contributed by atoms with E-state index in [1.54, 1.807) is 0 Å². The maximum atomic E-state index is 10.8. The molecule has 0 amide bonds. The van der Waals surface area contributed by atoms with Crippen LogP contribution in [-0.4, -0.2) is 39.0 Å². The first kappa shape index (κ1) is 9.09. The standard InChI is InChI=1S/C4H3ClN6O2S/c5-14(12,13)4-7-3(9-10-4)2-1-6-11-8-2/h1H,(H,6,8,11)(H,7,9,10). The molecule has 0 aliphatic heterocycles. The van der Waals surface area contributed by atoms with E-state index in [2.05, 4.69) is 30.6 Å². The summed E-state index contributed by atoms with van der Waals surface area (Å²) in [6.45, 7) is 0. The van der Waals surface area contributed by atoms with E-state index in [0.717, 1.165) is 0 Å². The number of hydrogen-bond donors (Lipinski definition) is 2. The minimum atomic E-state index is -3.89. The Morgan fingerprint density at radius 2 is 2.14 bits per heavy atom. The lowest BCUT2D eigenvalue weighted by molar-refractivity contribution is 0.602. The van der Waals surface area contributed by atoms with Crippen molar-refractivity contribution in [2.45, 2.75) is 5.16 Å². The molecule has 8 nitrogen and oxygen atoms in total. The van der Waals surface area contributed by atoms with Gasteiger partial charge in [-0.25, -0.2) is 13.5 Å². The first-order chi connectivity index (χ1) is 6.57. The zero-order valence-corrected chi connectivity index (χ0v) is 8.04. The van der Waals surface area contributed by atoms with Gasteiger partial charge in [-0.3, -0.25) is 0 Å². The van der Waals surface area contributed by atoms with E-state index < -0.39 is 14.2 Å². The molecule has 0 fully saturated rings. The van der Waals surface area contributed by atoms with E-state index in [9.17, 15) is 8.42 Å². The van der Waals surface area contributed by atoms with Gasteiger partial charge >= 0.3 is 0 Å². The molecule has 10 heteroatoms. The van der Waals surface area contributed by atoms with Crippen LogP contribution in [0.15, 0.2) is 11.4 Å². The van der Waals surface area contributed by atoms with Crippen LogP contribution >= 0.6 is 10.7 Å². The Kier molecular flexibility index (Phi) is 1.97. The Morgan fingerprint density at radius 1 is 1.36 bits per heavy atom. The fraction of sp³-hybridized carbons (Fsp3) is 0. The molecule has 2 N–H and O–H groups in total. The average molecular weight is 235 g/mol. The summed E-state index contributed by atoms with van der Waals surface area (Å²) in [7, 11) is 1.14. The lowest BCUT2D eigenvalue weighted by Crippen LogP contribution is -1.92. The molecule has 0 unspecified atom stereocenters. The van der Waals surface area contributed by atoms with Crippen molar-refractivity contribution in [3.05, 3.63) is 6.20 Å². The Bertz CT molecular complexity index is 530. The molecule has 0 saturated carbocycles. The van der Waals surface area contributed by atoms with E-state index in [4.69, 9.17) is 10.7 Å². The van der Waals surface area contributed by atoms with Gasteiger partial charge in [-0.1, -0.05) is 0 Å². The largest absolute Gasteiger partial charge is 0.296 e. The normalized spacial score (nSPS) is 11.8. The number of H-pyrrole nitrogens is 2. The lowest BCUT2D eigenvalue weighted by Gasteiger charge is -1.83. The maximum absolute atomic E-state index is 10.8. The fourth-order valence-corrected chi connectivity index (χ4v) is 1.34. The van der Waals surface area contributed by atoms with Crippen LogP contribution in [0.5, 0.6) is 0 Å². The van der Waals surface area contributed by atoms with Crippen molar-refractivity contribution in [2.75, 3.05) is 0 Å². The van der Waals surface area contributed by atoms with Gasteiger partial charge in [-0.05, 0) is 0 Å². The summed E-state index contributed by atoms with van der Waals surface area (Å²) in [6.07, 6.45) is 1.35. The lowest BCUT2D eigenvalue weighted by atomic mass is 10.5. The molecule has 0 aliphatic carbocycles. The summed E-state index contributed by atoms with van der Waals surface area (Å²) in [5.41, 5.74) is 0.327. The first-order valence-electron chi connectivity index (χ1n) is 3.30. The molecule has 2 aromatic heterocycles. The Balaban J connectivity index is 2.46. The first-order valence-corrected chi connectivity index (χ1v) is 5.61. The number of aromatic amines is 2. The Labute approximate surface area is 82.1 Å². The number of rotatable bonds is 2. The van der Waals surface area contributed by atoms with Gasteiger partial charge in [0.2, 0.25) is 5.82 Å². The van der Waals surface area contributed by atoms with Crippen molar-refractivity contribution in [3.63, 3.8) is 0 Å². The molecule has 0 aromatic carbocycles. The minimum Gasteiger partial charge on any atom is -0.248 e. The summed E-state index contributed by atoms with van der Waals surface area (Å²) in [6, 6.07) is 0. The van der Waals surface area contributed by atoms with Gasteiger partial charge in [0.1, 0.15) is 0 Å². The smallest absolute Gasteiger partial charge is 0.248 e. The molecule has 0 bridgehead atoms. The van der Waals surface area contributed by atoms with Gasteiger partial charge in [0.25, 0.3) is 14.2 Å². The molecule has 0 radical (unpaired) electrons.